The van der Waals surface area contributed by atoms with Crippen LogP contribution in [-0.2, 0) is 21.4 Å². The number of piperidine rings is 1. The second-order valence-electron chi connectivity index (χ2n) is 12.0. The zero-order chi connectivity index (χ0) is 27.2. The molecule has 210 valence electrons. The number of imidazole rings is 1. The van der Waals surface area contributed by atoms with Crippen LogP contribution in [0.25, 0.3) is 16.3 Å². The van der Waals surface area contributed by atoms with Gasteiger partial charge in [-0.2, -0.15) is 0 Å². The summed E-state index contributed by atoms with van der Waals surface area (Å²) in [4.78, 5) is 7.40. The van der Waals surface area contributed by atoms with E-state index in [-0.39, 0.29) is 27.3 Å². The summed E-state index contributed by atoms with van der Waals surface area (Å²) in [6.07, 6.45) is 5.98. The third-order valence-corrected chi connectivity index (χ3v) is 11.4. The predicted molar refractivity (Wildman–Crippen MR) is 144 cm³/mol. The Morgan fingerprint density at radius 3 is 2.56 bits per heavy atom. The Kier molecular flexibility index (Phi) is 5.88. The number of halogens is 1. The van der Waals surface area contributed by atoms with E-state index in [0.717, 1.165) is 49.9 Å². The molecule has 0 unspecified atom stereocenters. The highest BCUT2D eigenvalue weighted by Gasteiger charge is 2.49. The summed E-state index contributed by atoms with van der Waals surface area (Å²) in [6, 6.07) is 1.73. The van der Waals surface area contributed by atoms with E-state index in [1.54, 1.807) is 12.3 Å². The molecule has 5 heterocycles. The van der Waals surface area contributed by atoms with Crippen molar-refractivity contribution in [2.24, 2.45) is 5.41 Å². The van der Waals surface area contributed by atoms with Crippen molar-refractivity contribution in [2.75, 3.05) is 24.6 Å². The van der Waals surface area contributed by atoms with E-state index in [2.05, 4.69) is 19.8 Å². The molecular weight excluding hydrogens is 543 g/mol. The third kappa shape index (κ3) is 4.37. The molecule has 1 spiro atoms. The van der Waals surface area contributed by atoms with Crippen molar-refractivity contribution in [1.29, 1.82) is 0 Å². The van der Waals surface area contributed by atoms with E-state index in [1.807, 2.05) is 18.2 Å². The second kappa shape index (κ2) is 8.90. The fraction of sp³-hybridized carbons (Fsp3) is 0.654. The van der Waals surface area contributed by atoms with Gasteiger partial charge >= 0.3 is 0 Å². The number of nitrogens with one attached hydrogen (secondary N) is 1. The number of rotatable bonds is 7. The minimum Gasteiger partial charge on any atom is -0.390 e. The summed E-state index contributed by atoms with van der Waals surface area (Å²) in [5.41, 5.74) is 2.24. The largest absolute Gasteiger partial charge is 0.390 e. The van der Waals surface area contributed by atoms with Crippen LogP contribution in [0.1, 0.15) is 69.0 Å². The molecular formula is C26H33FN6O4S2. The van der Waals surface area contributed by atoms with E-state index < -0.39 is 28.3 Å². The third-order valence-electron chi connectivity index (χ3n) is 8.95. The number of aliphatic hydroxyl groups excluding tert-OH is 1. The first-order chi connectivity index (χ1) is 18.6. The van der Waals surface area contributed by atoms with Crippen molar-refractivity contribution >= 4 is 32.7 Å². The molecule has 0 bridgehead atoms. The number of fused-ring (bicyclic) bond motifs is 1. The monoisotopic (exact) mass is 576 g/mol. The average molecular weight is 577 g/mol. The Balaban J connectivity index is 1.36. The van der Waals surface area contributed by atoms with Crippen LogP contribution in [0.4, 0.5) is 10.1 Å². The average Bonchev–Trinajstić information content (AvgIpc) is 3.78. The lowest BCUT2D eigenvalue weighted by Gasteiger charge is -2.41. The van der Waals surface area contributed by atoms with E-state index >= 15 is 0 Å². The van der Waals surface area contributed by atoms with Gasteiger partial charge in [-0.3, -0.25) is 4.40 Å². The van der Waals surface area contributed by atoms with Crippen LogP contribution in [-0.4, -0.2) is 70.5 Å². The molecule has 0 amide bonds. The number of ether oxygens (including phenoxy) is 1. The maximum Gasteiger partial charge on any atom is 0.242 e. The number of aliphatic hydroxyl groups is 1. The molecule has 2 saturated heterocycles. The Bertz CT molecular complexity index is 1540. The van der Waals surface area contributed by atoms with Gasteiger partial charge in [0.1, 0.15) is 22.3 Å². The predicted octanol–water partition coefficient (Wildman–Crippen LogP) is 3.40. The molecule has 39 heavy (non-hydrogen) atoms. The minimum atomic E-state index is -3.82. The lowest BCUT2D eigenvalue weighted by molar-refractivity contribution is 0.0250. The summed E-state index contributed by atoms with van der Waals surface area (Å²) in [5.74, 6) is 0.255. The first-order valence-corrected chi connectivity index (χ1v) is 15.9. The van der Waals surface area contributed by atoms with Crippen molar-refractivity contribution in [3.63, 3.8) is 0 Å². The summed E-state index contributed by atoms with van der Waals surface area (Å²) in [7, 11) is -3.82. The molecule has 13 heteroatoms. The van der Waals surface area contributed by atoms with Crippen LogP contribution in [0.2, 0.25) is 0 Å². The lowest BCUT2D eigenvalue weighted by Crippen LogP contribution is -2.47. The fourth-order valence-corrected chi connectivity index (χ4v) is 8.26. The Morgan fingerprint density at radius 1 is 1.23 bits per heavy atom. The smallest absolute Gasteiger partial charge is 0.242 e. The van der Waals surface area contributed by atoms with Crippen LogP contribution in [0.5, 0.6) is 0 Å². The van der Waals surface area contributed by atoms with Gasteiger partial charge in [0.2, 0.25) is 10.0 Å². The van der Waals surface area contributed by atoms with Crippen LogP contribution in [0.15, 0.2) is 17.2 Å². The van der Waals surface area contributed by atoms with Crippen molar-refractivity contribution in [2.45, 2.75) is 87.6 Å². The van der Waals surface area contributed by atoms with E-state index in [0.29, 0.717) is 36.0 Å². The fourth-order valence-electron chi connectivity index (χ4n) is 6.04. The normalized spacial score (nSPS) is 26.1. The SMILES string of the molecule is C[C@H]1OCC2(CCN(c3cc(S(=O)(=O)NC4(C)CC4)cn4c(-c5nnc(CF)s5)c(C5CC5)nc34)CC2)[C@@H]1O. The van der Waals surface area contributed by atoms with E-state index in [1.165, 1.54) is 11.3 Å². The minimum absolute atomic E-state index is 0.160. The molecule has 2 aliphatic heterocycles. The van der Waals surface area contributed by atoms with Crippen molar-refractivity contribution < 1.29 is 22.7 Å². The van der Waals surface area contributed by atoms with Gasteiger partial charge in [-0.05, 0) is 58.4 Å². The molecule has 4 aliphatic rings. The number of hydrogen-bond donors (Lipinski definition) is 2. The number of aromatic nitrogens is 4. The van der Waals surface area contributed by atoms with Gasteiger partial charge in [0.25, 0.3) is 0 Å². The topological polar surface area (TPSA) is 122 Å². The molecule has 2 saturated carbocycles. The molecule has 2 atom stereocenters. The highest BCUT2D eigenvalue weighted by Crippen LogP contribution is 2.47. The van der Waals surface area contributed by atoms with Gasteiger partial charge in [0, 0.05) is 36.2 Å². The van der Waals surface area contributed by atoms with Gasteiger partial charge in [-0.1, -0.05) is 11.3 Å². The first-order valence-electron chi connectivity index (χ1n) is 13.6. The van der Waals surface area contributed by atoms with Crippen LogP contribution in [0.3, 0.4) is 0 Å². The van der Waals surface area contributed by atoms with Gasteiger partial charge in [-0.25, -0.2) is 22.5 Å². The molecule has 3 aromatic rings. The zero-order valence-corrected chi connectivity index (χ0v) is 23.7. The van der Waals surface area contributed by atoms with E-state index in [9.17, 15) is 17.9 Å². The highest BCUT2D eigenvalue weighted by atomic mass is 32.2. The van der Waals surface area contributed by atoms with Gasteiger partial charge in [0.15, 0.2) is 10.7 Å². The van der Waals surface area contributed by atoms with Crippen molar-refractivity contribution in [3.8, 4) is 10.7 Å². The van der Waals surface area contributed by atoms with Crippen molar-refractivity contribution in [1.82, 2.24) is 24.3 Å². The maximum absolute atomic E-state index is 13.6. The molecule has 7 rings (SSSR count). The molecule has 2 N–H and O–H groups in total. The van der Waals surface area contributed by atoms with Crippen molar-refractivity contribution in [3.05, 3.63) is 23.0 Å². The summed E-state index contributed by atoms with van der Waals surface area (Å²) in [6.45, 7) is 4.93. The summed E-state index contributed by atoms with van der Waals surface area (Å²) in [5, 5.41) is 19.9. The van der Waals surface area contributed by atoms with E-state index in [4.69, 9.17) is 9.72 Å². The number of anilines is 1. The first kappa shape index (κ1) is 25.8. The van der Waals surface area contributed by atoms with Crippen LogP contribution in [0, 0.1) is 5.41 Å². The van der Waals surface area contributed by atoms with Gasteiger partial charge < -0.3 is 14.7 Å². The Labute approximate surface area is 230 Å². The number of hydrogen-bond acceptors (Lipinski definition) is 9. The molecule has 2 aliphatic carbocycles. The van der Waals surface area contributed by atoms with Gasteiger partial charge in [0.05, 0.1) is 30.2 Å². The standard InChI is InChI=1S/C26H33FN6O4S2/c1-15-22(34)26(14-37-15)7-9-32(10-8-26)18-11-17(39(35,36)31-25(2)5-6-25)13-33-21(24-30-29-19(12-27)38-24)20(16-3-4-16)28-23(18)33/h11,13,15-16,22,31,34H,3-10,12,14H2,1-2H3/t15-,22-/m1/s1. The van der Waals surface area contributed by atoms with Crippen LogP contribution < -0.4 is 9.62 Å². The number of alkyl halides is 1. The molecule has 4 fully saturated rings. The zero-order valence-electron chi connectivity index (χ0n) is 22.1. The Morgan fingerprint density at radius 2 is 1.97 bits per heavy atom. The number of nitrogens with zero attached hydrogens (tertiary/aromatic N) is 5. The van der Waals surface area contributed by atoms with Crippen LogP contribution >= 0.6 is 11.3 Å². The lowest BCUT2D eigenvalue weighted by atomic mass is 9.74. The maximum atomic E-state index is 13.6. The molecule has 3 aromatic heterocycles. The highest BCUT2D eigenvalue weighted by molar-refractivity contribution is 7.89. The number of pyridine rings is 1. The Hall–Kier alpha value is -2.19. The number of sulfonamides is 1. The summed E-state index contributed by atoms with van der Waals surface area (Å²) < 4.78 is 51.1. The quantitative estimate of drug-likeness (QED) is 0.439. The molecule has 10 nitrogen and oxygen atoms in total. The summed E-state index contributed by atoms with van der Waals surface area (Å²) >= 11 is 1.17. The second-order valence-corrected chi connectivity index (χ2v) is 14.7. The molecule has 0 aromatic carbocycles. The molecule has 0 radical (unpaired) electrons. The van der Waals surface area contributed by atoms with Gasteiger partial charge in [-0.15, -0.1) is 10.2 Å².